The zero-order chi connectivity index (χ0) is 21.0. The van der Waals surface area contributed by atoms with E-state index in [1.54, 1.807) is 12.1 Å². The fraction of sp³-hybridized carbons (Fsp3) is 0.591. The van der Waals surface area contributed by atoms with Gasteiger partial charge in [0.25, 0.3) is 0 Å². The predicted octanol–water partition coefficient (Wildman–Crippen LogP) is 2.99. The molecule has 2 saturated heterocycles. The van der Waals surface area contributed by atoms with E-state index in [0.29, 0.717) is 38.4 Å². The first kappa shape index (κ1) is 21.3. The van der Waals surface area contributed by atoms with Crippen LogP contribution < -0.4 is 10.2 Å². The SMILES string of the molecule is O=C(CC1C=CCC1)Nc1cc(S(=O)(=O)N2CCOCC2)ccc1N1CCCCC1. The third-order valence-corrected chi connectivity index (χ3v) is 8.00. The van der Waals surface area contributed by atoms with Gasteiger partial charge in [-0.25, -0.2) is 8.42 Å². The van der Waals surface area contributed by atoms with Gasteiger partial charge in [0.05, 0.1) is 29.5 Å². The Morgan fingerprint density at radius 2 is 1.87 bits per heavy atom. The van der Waals surface area contributed by atoms with Crippen LogP contribution in [-0.2, 0) is 19.6 Å². The summed E-state index contributed by atoms with van der Waals surface area (Å²) in [4.78, 5) is 15.2. The molecule has 2 aliphatic heterocycles. The minimum atomic E-state index is -3.62. The van der Waals surface area contributed by atoms with E-state index < -0.39 is 10.0 Å². The van der Waals surface area contributed by atoms with Crippen LogP contribution in [0.2, 0.25) is 0 Å². The van der Waals surface area contributed by atoms with Crippen molar-refractivity contribution in [1.82, 2.24) is 4.31 Å². The second kappa shape index (κ2) is 9.49. The normalized spacial score (nSPS) is 22.9. The summed E-state index contributed by atoms with van der Waals surface area (Å²) in [5, 5.41) is 3.03. The fourth-order valence-corrected chi connectivity index (χ4v) is 5.86. The van der Waals surface area contributed by atoms with Gasteiger partial charge in [0.2, 0.25) is 15.9 Å². The van der Waals surface area contributed by atoms with E-state index in [2.05, 4.69) is 22.4 Å². The number of ether oxygens (including phenoxy) is 1. The molecule has 1 unspecified atom stereocenters. The van der Waals surface area contributed by atoms with Crippen molar-refractivity contribution in [3.63, 3.8) is 0 Å². The molecule has 0 bridgehead atoms. The zero-order valence-corrected chi connectivity index (χ0v) is 18.2. The van der Waals surface area contributed by atoms with E-state index in [9.17, 15) is 13.2 Å². The highest BCUT2D eigenvalue weighted by Crippen LogP contribution is 2.33. The molecule has 3 aliphatic rings. The van der Waals surface area contributed by atoms with Crippen LogP contribution in [0, 0.1) is 5.92 Å². The minimum absolute atomic E-state index is 0.0641. The average Bonchev–Trinajstić information content (AvgIpc) is 3.28. The second-order valence-electron chi connectivity index (χ2n) is 8.26. The van der Waals surface area contributed by atoms with Gasteiger partial charge in [0.1, 0.15) is 0 Å². The number of piperidine rings is 1. The molecule has 2 heterocycles. The summed E-state index contributed by atoms with van der Waals surface area (Å²) in [5.41, 5.74) is 1.50. The summed E-state index contributed by atoms with van der Waals surface area (Å²) in [5.74, 6) is 0.203. The maximum absolute atomic E-state index is 13.1. The molecule has 0 aromatic heterocycles. The smallest absolute Gasteiger partial charge is 0.243 e. The van der Waals surface area contributed by atoms with Crippen molar-refractivity contribution in [2.75, 3.05) is 49.6 Å². The summed E-state index contributed by atoms with van der Waals surface area (Å²) < 4.78 is 33.0. The van der Waals surface area contributed by atoms with Crippen molar-refractivity contribution in [2.24, 2.45) is 5.92 Å². The van der Waals surface area contributed by atoms with Crippen LogP contribution in [-0.4, -0.2) is 58.0 Å². The van der Waals surface area contributed by atoms with Crippen LogP contribution in [0.4, 0.5) is 11.4 Å². The van der Waals surface area contributed by atoms with Gasteiger partial charge in [-0.05, 0) is 56.2 Å². The molecule has 2 fully saturated rings. The van der Waals surface area contributed by atoms with Crippen LogP contribution in [0.5, 0.6) is 0 Å². The van der Waals surface area contributed by atoms with Crippen molar-refractivity contribution in [1.29, 1.82) is 0 Å². The number of sulfonamides is 1. The standard InChI is InChI=1S/C22H31N3O4S/c26-22(16-18-6-2-3-7-18)23-20-17-19(30(27,28)25-12-14-29-15-13-25)8-9-21(20)24-10-4-1-5-11-24/h2,6,8-9,17-18H,1,3-5,7,10-16H2,(H,23,26). The van der Waals surface area contributed by atoms with Gasteiger partial charge in [0, 0.05) is 32.6 Å². The monoisotopic (exact) mass is 433 g/mol. The predicted molar refractivity (Wildman–Crippen MR) is 117 cm³/mol. The highest BCUT2D eigenvalue weighted by Gasteiger charge is 2.28. The lowest BCUT2D eigenvalue weighted by Gasteiger charge is -2.31. The number of nitrogens with zero attached hydrogens (tertiary/aromatic N) is 2. The number of nitrogens with one attached hydrogen (secondary N) is 1. The Kier molecular flexibility index (Phi) is 6.75. The number of morpholine rings is 1. The molecule has 164 valence electrons. The number of benzene rings is 1. The third-order valence-electron chi connectivity index (χ3n) is 6.11. The molecule has 4 rings (SSSR count). The van der Waals surface area contributed by atoms with E-state index in [4.69, 9.17) is 4.74 Å². The number of hydrogen-bond acceptors (Lipinski definition) is 5. The molecule has 1 N–H and O–H groups in total. The highest BCUT2D eigenvalue weighted by atomic mass is 32.2. The maximum Gasteiger partial charge on any atom is 0.243 e. The molecule has 1 amide bonds. The first-order valence-corrected chi connectivity index (χ1v) is 12.4. The summed E-state index contributed by atoms with van der Waals surface area (Å²) in [6.07, 6.45) is 10.1. The van der Waals surface area contributed by atoms with E-state index in [1.807, 2.05) is 6.07 Å². The van der Waals surface area contributed by atoms with E-state index in [0.717, 1.165) is 44.5 Å². The van der Waals surface area contributed by atoms with Gasteiger partial charge in [-0.2, -0.15) is 4.31 Å². The van der Waals surface area contributed by atoms with Gasteiger partial charge >= 0.3 is 0 Å². The number of anilines is 2. The maximum atomic E-state index is 13.1. The summed E-state index contributed by atoms with van der Waals surface area (Å²) >= 11 is 0. The summed E-state index contributed by atoms with van der Waals surface area (Å²) in [6.45, 7) is 3.36. The Labute approximate surface area is 179 Å². The Bertz CT molecular complexity index is 888. The Morgan fingerprint density at radius 1 is 1.10 bits per heavy atom. The van der Waals surface area contributed by atoms with Crippen LogP contribution in [0.25, 0.3) is 0 Å². The third kappa shape index (κ3) is 4.87. The summed E-state index contributed by atoms with van der Waals surface area (Å²) in [7, 11) is -3.62. The van der Waals surface area contributed by atoms with Crippen molar-refractivity contribution < 1.29 is 17.9 Å². The molecular formula is C22H31N3O4S. The van der Waals surface area contributed by atoms with Gasteiger partial charge in [0.15, 0.2) is 0 Å². The number of rotatable bonds is 6. The fourth-order valence-electron chi connectivity index (χ4n) is 4.43. The average molecular weight is 434 g/mol. The van der Waals surface area contributed by atoms with Crippen LogP contribution in [0.15, 0.2) is 35.2 Å². The van der Waals surface area contributed by atoms with Crippen molar-refractivity contribution in [3.05, 3.63) is 30.4 Å². The van der Waals surface area contributed by atoms with E-state index in [1.165, 1.54) is 10.7 Å². The highest BCUT2D eigenvalue weighted by molar-refractivity contribution is 7.89. The molecule has 1 aromatic carbocycles. The Morgan fingerprint density at radius 3 is 2.57 bits per heavy atom. The van der Waals surface area contributed by atoms with Gasteiger partial charge < -0.3 is 15.0 Å². The molecule has 1 atom stereocenters. The Balaban J connectivity index is 1.60. The molecule has 7 nitrogen and oxygen atoms in total. The molecule has 0 spiro atoms. The quantitative estimate of drug-likeness (QED) is 0.698. The molecule has 1 aromatic rings. The molecule has 8 heteroatoms. The number of carbonyl (C=O) groups excluding carboxylic acids is 1. The lowest BCUT2D eigenvalue weighted by molar-refractivity contribution is -0.116. The molecule has 0 saturated carbocycles. The minimum Gasteiger partial charge on any atom is -0.379 e. The first-order valence-electron chi connectivity index (χ1n) is 11.0. The molecule has 30 heavy (non-hydrogen) atoms. The molecule has 1 aliphatic carbocycles. The largest absolute Gasteiger partial charge is 0.379 e. The number of carbonyl (C=O) groups is 1. The van der Waals surface area contributed by atoms with E-state index >= 15 is 0 Å². The lowest BCUT2D eigenvalue weighted by Crippen LogP contribution is -2.40. The molecular weight excluding hydrogens is 402 g/mol. The first-order chi connectivity index (χ1) is 14.5. The number of allylic oxidation sites excluding steroid dienone is 2. The summed E-state index contributed by atoms with van der Waals surface area (Å²) in [6, 6.07) is 5.16. The van der Waals surface area contributed by atoms with Gasteiger partial charge in [-0.1, -0.05) is 12.2 Å². The van der Waals surface area contributed by atoms with Crippen LogP contribution in [0.1, 0.15) is 38.5 Å². The van der Waals surface area contributed by atoms with Crippen molar-refractivity contribution >= 4 is 27.3 Å². The van der Waals surface area contributed by atoms with Crippen LogP contribution in [0.3, 0.4) is 0 Å². The van der Waals surface area contributed by atoms with Crippen molar-refractivity contribution in [2.45, 2.75) is 43.4 Å². The lowest BCUT2D eigenvalue weighted by atomic mass is 10.0. The number of amides is 1. The Hall–Kier alpha value is -1.90. The van der Waals surface area contributed by atoms with E-state index in [-0.39, 0.29) is 16.7 Å². The molecule has 0 radical (unpaired) electrons. The topological polar surface area (TPSA) is 79.0 Å². The van der Waals surface area contributed by atoms with Gasteiger partial charge in [-0.3, -0.25) is 4.79 Å². The zero-order valence-electron chi connectivity index (χ0n) is 17.4. The second-order valence-corrected chi connectivity index (χ2v) is 10.2. The number of hydrogen-bond donors (Lipinski definition) is 1. The van der Waals surface area contributed by atoms with Crippen LogP contribution >= 0.6 is 0 Å². The van der Waals surface area contributed by atoms with Gasteiger partial charge in [-0.15, -0.1) is 0 Å². The van der Waals surface area contributed by atoms with Crippen molar-refractivity contribution in [3.8, 4) is 0 Å².